The van der Waals surface area contributed by atoms with Gasteiger partial charge in [0.1, 0.15) is 11.2 Å². The molecule has 3 aromatic rings. The summed E-state index contributed by atoms with van der Waals surface area (Å²) < 4.78 is 33.0. The lowest BCUT2D eigenvalue weighted by Crippen LogP contribution is -2.49. The lowest BCUT2D eigenvalue weighted by Gasteiger charge is -2.35. The van der Waals surface area contributed by atoms with Crippen LogP contribution in [-0.2, 0) is 11.3 Å². The molecule has 2 aromatic heterocycles. The summed E-state index contributed by atoms with van der Waals surface area (Å²) >= 11 is 0. The summed E-state index contributed by atoms with van der Waals surface area (Å²) in [5.41, 5.74) is 3.54. The van der Waals surface area contributed by atoms with Crippen LogP contribution in [-0.4, -0.2) is 86.4 Å². The Morgan fingerprint density at radius 1 is 1.10 bits per heavy atom. The monoisotopic (exact) mass is 584 g/mol. The Labute approximate surface area is 245 Å². The van der Waals surface area contributed by atoms with E-state index in [4.69, 9.17) is 9.72 Å². The highest BCUT2D eigenvalue weighted by molar-refractivity contribution is 5.94. The van der Waals surface area contributed by atoms with Crippen LogP contribution >= 0.6 is 0 Å². The standard InChI is InChI=1S/C31H42F2N6O3/c1-31(2,3)42-30(41)38-16-14-37(15-17-38)19-21-4-6-22(7-5-21)26-20-39(23-8-10-24(40)11-9-23)28-25(26)18-35-29(36-28)34-13-12-27(32)33/h4-7,18,20,23-24,27,40H,8-17,19H2,1-3H3,(H,34,35,36). The Morgan fingerprint density at radius 3 is 2.43 bits per heavy atom. The number of nitrogens with zero attached hydrogens (tertiary/aromatic N) is 5. The van der Waals surface area contributed by atoms with Gasteiger partial charge in [0.25, 0.3) is 0 Å². The zero-order valence-corrected chi connectivity index (χ0v) is 24.7. The first-order valence-corrected chi connectivity index (χ1v) is 14.9. The third-order valence-corrected chi connectivity index (χ3v) is 7.97. The quantitative estimate of drug-likeness (QED) is 0.351. The largest absolute Gasteiger partial charge is 0.444 e. The molecule has 228 valence electrons. The van der Waals surface area contributed by atoms with Gasteiger partial charge in [-0.05, 0) is 57.6 Å². The molecule has 1 amide bonds. The summed E-state index contributed by atoms with van der Waals surface area (Å²) in [6, 6.07) is 8.70. The maximum atomic E-state index is 12.6. The van der Waals surface area contributed by atoms with Crippen molar-refractivity contribution >= 4 is 23.1 Å². The highest BCUT2D eigenvalue weighted by Crippen LogP contribution is 2.37. The summed E-state index contributed by atoms with van der Waals surface area (Å²) in [5, 5.41) is 13.9. The van der Waals surface area contributed by atoms with Gasteiger partial charge in [0.2, 0.25) is 12.4 Å². The molecule has 3 heterocycles. The second kappa shape index (κ2) is 12.9. The minimum atomic E-state index is -2.38. The van der Waals surface area contributed by atoms with Gasteiger partial charge in [0.15, 0.2) is 0 Å². The van der Waals surface area contributed by atoms with Crippen LogP contribution in [0.4, 0.5) is 19.5 Å². The van der Waals surface area contributed by atoms with Gasteiger partial charge in [-0.25, -0.2) is 18.6 Å². The summed E-state index contributed by atoms with van der Waals surface area (Å²) in [4.78, 5) is 25.7. The molecule has 0 spiro atoms. The van der Waals surface area contributed by atoms with Crippen molar-refractivity contribution in [2.24, 2.45) is 0 Å². The van der Waals surface area contributed by atoms with Gasteiger partial charge < -0.3 is 24.6 Å². The number of benzene rings is 1. The number of anilines is 1. The van der Waals surface area contributed by atoms with Crippen molar-refractivity contribution in [2.75, 3.05) is 38.0 Å². The molecule has 1 saturated heterocycles. The van der Waals surface area contributed by atoms with Crippen molar-refractivity contribution in [2.45, 2.75) is 83.6 Å². The third-order valence-electron chi connectivity index (χ3n) is 7.97. The summed E-state index contributed by atoms with van der Waals surface area (Å²) in [6.45, 7) is 9.40. The molecule has 11 heteroatoms. The lowest BCUT2D eigenvalue weighted by atomic mass is 9.93. The van der Waals surface area contributed by atoms with Crippen molar-refractivity contribution in [3.05, 3.63) is 42.2 Å². The number of carbonyl (C=O) groups is 1. The Balaban J connectivity index is 1.29. The van der Waals surface area contributed by atoms with E-state index >= 15 is 0 Å². The molecule has 1 aliphatic heterocycles. The number of nitrogens with one attached hydrogen (secondary N) is 1. The number of piperazine rings is 1. The fourth-order valence-corrected chi connectivity index (χ4v) is 5.72. The number of hydrogen-bond donors (Lipinski definition) is 2. The van der Waals surface area contributed by atoms with E-state index < -0.39 is 12.0 Å². The SMILES string of the molecule is CC(C)(C)OC(=O)N1CCN(Cc2ccc(-c3cn(C4CCC(O)CC4)c4nc(NCCC(F)F)ncc34)cc2)CC1. The Morgan fingerprint density at radius 2 is 1.79 bits per heavy atom. The summed E-state index contributed by atoms with van der Waals surface area (Å²) in [7, 11) is 0. The highest BCUT2D eigenvalue weighted by Gasteiger charge is 2.27. The normalized spacial score (nSPS) is 20.3. The van der Waals surface area contributed by atoms with E-state index in [-0.39, 0.29) is 31.2 Å². The number of hydrogen-bond acceptors (Lipinski definition) is 7. The second-order valence-electron chi connectivity index (χ2n) is 12.4. The average Bonchev–Trinajstić information content (AvgIpc) is 3.32. The number of halogens is 2. The van der Waals surface area contributed by atoms with Crippen molar-refractivity contribution in [3.63, 3.8) is 0 Å². The number of ether oxygens (including phenoxy) is 1. The van der Waals surface area contributed by atoms with Crippen molar-refractivity contribution in [3.8, 4) is 11.1 Å². The van der Waals surface area contributed by atoms with E-state index in [1.165, 1.54) is 5.56 Å². The molecule has 42 heavy (non-hydrogen) atoms. The number of rotatable bonds is 8. The van der Waals surface area contributed by atoms with Crippen LogP contribution in [0.5, 0.6) is 0 Å². The third kappa shape index (κ3) is 7.55. The van der Waals surface area contributed by atoms with Gasteiger partial charge in [-0.3, -0.25) is 4.90 Å². The molecule has 0 bridgehead atoms. The summed E-state index contributed by atoms with van der Waals surface area (Å²) in [6.07, 6.45) is 3.91. The molecule has 2 aliphatic rings. The topological polar surface area (TPSA) is 95.8 Å². The zero-order chi connectivity index (χ0) is 29.9. The Hall–Kier alpha value is -3.31. The van der Waals surface area contributed by atoms with Crippen molar-refractivity contribution < 1.29 is 23.4 Å². The number of amides is 1. The first-order valence-electron chi connectivity index (χ1n) is 14.9. The van der Waals surface area contributed by atoms with Gasteiger partial charge in [0.05, 0.1) is 6.10 Å². The van der Waals surface area contributed by atoms with Crippen molar-refractivity contribution in [1.29, 1.82) is 0 Å². The van der Waals surface area contributed by atoms with Crippen LogP contribution in [0.2, 0.25) is 0 Å². The van der Waals surface area contributed by atoms with Crippen LogP contribution in [0, 0.1) is 0 Å². The molecular weight excluding hydrogens is 542 g/mol. The minimum absolute atomic E-state index is 0.101. The minimum Gasteiger partial charge on any atom is -0.444 e. The Kier molecular flexibility index (Phi) is 9.27. The van der Waals surface area contributed by atoms with Crippen LogP contribution in [0.3, 0.4) is 0 Å². The molecule has 0 atom stereocenters. The average molecular weight is 585 g/mol. The number of carbonyl (C=O) groups excluding carboxylic acids is 1. The van der Waals surface area contributed by atoms with Crippen LogP contribution in [0.15, 0.2) is 36.7 Å². The molecule has 1 aromatic carbocycles. The van der Waals surface area contributed by atoms with Gasteiger partial charge in [-0.1, -0.05) is 24.3 Å². The maximum absolute atomic E-state index is 12.6. The number of fused-ring (bicyclic) bond motifs is 1. The Bertz CT molecular complexity index is 1340. The van der Waals surface area contributed by atoms with E-state index in [0.717, 1.165) is 67.5 Å². The number of alkyl halides is 2. The van der Waals surface area contributed by atoms with Crippen LogP contribution < -0.4 is 5.32 Å². The van der Waals surface area contributed by atoms with Gasteiger partial charge in [-0.2, -0.15) is 4.98 Å². The molecule has 1 aliphatic carbocycles. The molecular formula is C31H42F2N6O3. The van der Waals surface area contributed by atoms with E-state index in [1.54, 1.807) is 11.1 Å². The maximum Gasteiger partial charge on any atom is 0.410 e. The molecule has 0 unspecified atom stereocenters. The highest BCUT2D eigenvalue weighted by atomic mass is 19.3. The zero-order valence-electron chi connectivity index (χ0n) is 24.7. The van der Waals surface area contributed by atoms with Crippen LogP contribution in [0.25, 0.3) is 22.2 Å². The predicted octanol–water partition coefficient (Wildman–Crippen LogP) is 5.69. The fraction of sp³-hybridized carbons (Fsp3) is 0.581. The second-order valence-corrected chi connectivity index (χ2v) is 12.4. The molecule has 0 radical (unpaired) electrons. The van der Waals surface area contributed by atoms with Crippen LogP contribution in [0.1, 0.15) is 64.5 Å². The lowest BCUT2D eigenvalue weighted by molar-refractivity contribution is 0.0139. The molecule has 2 fully saturated rings. The van der Waals surface area contributed by atoms with E-state index in [9.17, 15) is 18.7 Å². The first-order chi connectivity index (χ1) is 20.1. The fourth-order valence-electron chi connectivity index (χ4n) is 5.72. The first kappa shape index (κ1) is 30.2. The van der Waals surface area contributed by atoms with E-state index in [2.05, 4.69) is 50.2 Å². The van der Waals surface area contributed by atoms with E-state index in [0.29, 0.717) is 19.0 Å². The van der Waals surface area contributed by atoms with Gasteiger partial charge in [-0.15, -0.1) is 0 Å². The molecule has 2 N–H and O–H groups in total. The van der Waals surface area contributed by atoms with Gasteiger partial charge >= 0.3 is 6.09 Å². The van der Waals surface area contributed by atoms with Crippen molar-refractivity contribution in [1.82, 2.24) is 24.3 Å². The molecule has 9 nitrogen and oxygen atoms in total. The predicted molar refractivity (Wildman–Crippen MR) is 159 cm³/mol. The number of aliphatic hydroxyl groups is 1. The molecule has 5 rings (SSSR count). The van der Waals surface area contributed by atoms with Gasteiger partial charge in [0, 0.05) is 75.1 Å². The molecule has 1 saturated carbocycles. The summed E-state index contributed by atoms with van der Waals surface area (Å²) in [5.74, 6) is 0.340. The van der Waals surface area contributed by atoms with E-state index in [1.807, 2.05) is 20.8 Å². The smallest absolute Gasteiger partial charge is 0.410 e. The number of aromatic nitrogens is 3. The number of aliphatic hydroxyl groups excluding tert-OH is 1.